The van der Waals surface area contributed by atoms with Gasteiger partial charge >= 0.3 is 6.18 Å². The topological polar surface area (TPSA) is 46.6 Å². The number of nitrogens with zero attached hydrogens (tertiary/aromatic N) is 1. The molecule has 0 radical (unpaired) electrons. The van der Waals surface area contributed by atoms with Crippen LogP contribution in [0.1, 0.15) is 11.1 Å². The number of sulfonamides is 1. The van der Waals surface area contributed by atoms with E-state index in [4.69, 9.17) is 4.74 Å². The van der Waals surface area contributed by atoms with E-state index in [-0.39, 0.29) is 6.54 Å². The molecule has 3 aromatic carbocycles. The Hall–Kier alpha value is -2.58. The molecule has 0 amide bonds. The first-order chi connectivity index (χ1) is 13.1. The highest BCUT2D eigenvalue weighted by Crippen LogP contribution is 2.35. The molecule has 0 N–H and O–H groups in total. The van der Waals surface area contributed by atoms with Gasteiger partial charge in [-0.05, 0) is 46.7 Å². The average molecular weight is 409 g/mol. The van der Waals surface area contributed by atoms with E-state index >= 15 is 0 Å². The summed E-state index contributed by atoms with van der Waals surface area (Å²) in [5.74, 6) is 0.698. The molecule has 0 aliphatic rings. The summed E-state index contributed by atoms with van der Waals surface area (Å²) < 4.78 is 71.2. The van der Waals surface area contributed by atoms with Crippen LogP contribution in [0.3, 0.4) is 0 Å². The minimum absolute atomic E-state index is 0.0590. The lowest BCUT2D eigenvalue weighted by Gasteiger charge is -2.20. The Morgan fingerprint density at radius 2 is 1.61 bits per heavy atom. The highest BCUT2D eigenvalue weighted by molar-refractivity contribution is 7.89. The number of fused-ring (bicyclic) bond motifs is 1. The first-order valence-corrected chi connectivity index (χ1v) is 9.76. The third-order valence-electron chi connectivity index (χ3n) is 4.40. The minimum atomic E-state index is -4.76. The van der Waals surface area contributed by atoms with Crippen molar-refractivity contribution >= 4 is 20.8 Å². The Balaban J connectivity index is 1.92. The van der Waals surface area contributed by atoms with Gasteiger partial charge in [0.1, 0.15) is 5.75 Å². The van der Waals surface area contributed by atoms with Gasteiger partial charge in [0.05, 0.1) is 17.6 Å². The Kier molecular flexibility index (Phi) is 5.36. The molecule has 0 unspecified atom stereocenters. The van der Waals surface area contributed by atoms with E-state index in [0.29, 0.717) is 11.3 Å². The summed E-state index contributed by atoms with van der Waals surface area (Å²) in [6.07, 6.45) is -4.76. The van der Waals surface area contributed by atoms with Crippen molar-refractivity contribution in [2.24, 2.45) is 0 Å². The third-order valence-corrected chi connectivity index (χ3v) is 6.26. The minimum Gasteiger partial charge on any atom is -0.497 e. The van der Waals surface area contributed by atoms with E-state index < -0.39 is 26.7 Å². The van der Waals surface area contributed by atoms with Gasteiger partial charge in [-0.25, -0.2) is 8.42 Å². The number of benzene rings is 3. The summed E-state index contributed by atoms with van der Waals surface area (Å²) in [5.41, 5.74) is -0.513. The molecule has 8 heteroatoms. The van der Waals surface area contributed by atoms with Crippen molar-refractivity contribution in [3.63, 3.8) is 0 Å². The van der Waals surface area contributed by atoms with Crippen LogP contribution in [0.15, 0.2) is 65.6 Å². The molecular formula is C20H18F3NO3S. The summed E-state index contributed by atoms with van der Waals surface area (Å²) in [6, 6.07) is 15.0. The van der Waals surface area contributed by atoms with Crippen molar-refractivity contribution < 1.29 is 26.3 Å². The maximum Gasteiger partial charge on any atom is 0.417 e. The Labute approximate surface area is 161 Å². The number of hydrogen-bond acceptors (Lipinski definition) is 3. The number of hydrogen-bond donors (Lipinski definition) is 0. The highest BCUT2D eigenvalue weighted by Gasteiger charge is 2.38. The number of halogens is 3. The molecule has 0 spiro atoms. The van der Waals surface area contributed by atoms with Crippen LogP contribution in [-0.4, -0.2) is 26.9 Å². The Morgan fingerprint density at radius 3 is 2.29 bits per heavy atom. The molecule has 0 saturated heterocycles. The Morgan fingerprint density at radius 1 is 0.964 bits per heavy atom. The van der Waals surface area contributed by atoms with Crippen molar-refractivity contribution in [2.45, 2.75) is 17.6 Å². The van der Waals surface area contributed by atoms with Crippen LogP contribution < -0.4 is 4.74 Å². The van der Waals surface area contributed by atoms with Gasteiger partial charge < -0.3 is 4.74 Å². The first kappa shape index (κ1) is 20.2. The van der Waals surface area contributed by atoms with Crippen LogP contribution in [0.2, 0.25) is 0 Å². The van der Waals surface area contributed by atoms with E-state index in [2.05, 4.69) is 0 Å². The van der Waals surface area contributed by atoms with Crippen molar-refractivity contribution in [1.29, 1.82) is 0 Å². The second kappa shape index (κ2) is 7.44. The molecule has 0 atom stereocenters. The average Bonchev–Trinajstić information content (AvgIpc) is 2.66. The molecule has 0 aliphatic carbocycles. The van der Waals surface area contributed by atoms with Crippen molar-refractivity contribution in [3.8, 4) is 5.75 Å². The molecule has 0 aromatic heterocycles. The summed E-state index contributed by atoms with van der Waals surface area (Å²) in [4.78, 5) is -0.754. The quantitative estimate of drug-likeness (QED) is 0.614. The van der Waals surface area contributed by atoms with Crippen molar-refractivity contribution in [1.82, 2.24) is 4.31 Å². The van der Waals surface area contributed by atoms with E-state index in [1.54, 1.807) is 25.3 Å². The van der Waals surface area contributed by atoms with Crippen LogP contribution in [0.4, 0.5) is 13.2 Å². The van der Waals surface area contributed by atoms with Crippen molar-refractivity contribution in [3.05, 3.63) is 71.8 Å². The lowest BCUT2D eigenvalue weighted by Crippen LogP contribution is -2.28. The molecule has 148 valence electrons. The summed E-state index contributed by atoms with van der Waals surface area (Å²) in [5, 5.41) is 1.79. The van der Waals surface area contributed by atoms with Crippen LogP contribution in [-0.2, 0) is 22.7 Å². The van der Waals surface area contributed by atoms with Gasteiger partial charge in [0.15, 0.2) is 0 Å². The number of ether oxygens (including phenoxy) is 1. The van der Waals surface area contributed by atoms with Crippen molar-refractivity contribution in [2.75, 3.05) is 14.2 Å². The van der Waals surface area contributed by atoms with Gasteiger partial charge in [-0.1, -0.05) is 30.3 Å². The fourth-order valence-electron chi connectivity index (χ4n) is 2.93. The van der Waals surface area contributed by atoms with Gasteiger partial charge in [-0.2, -0.15) is 17.5 Å². The maximum atomic E-state index is 13.2. The summed E-state index contributed by atoms with van der Waals surface area (Å²) >= 11 is 0. The molecule has 0 aliphatic heterocycles. The SMILES string of the molecule is COc1ccc2cc(CN(C)S(=O)(=O)c3ccccc3C(F)(F)F)ccc2c1. The maximum absolute atomic E-state index is 13.2. The lowest BCUT2D eigenvalue weighted by molar-refractivity contribution is -0.139. The van der Waals surface area contributed by atoms with Gasteiger partial charge in [0.2, 0.25) is 10.0 Å². The van der Waals surface area contributed by atoms with Gasteiger partial charge in [0.25, 0.3) is 0 Å². The fraction of sp³-hybridized carbons (Fsp3) is 0.200. The first-order valence-electron chi connectivity index (χ1n) is 8.32. The van der Waals surface area contributed by atoms with E-state index in [0.717, 1.165) is 27.2 Å². The monoisotopic (exact) mass is 409 g/mol. The largest absolute Gasteiger partial charge is 0.497 e. The smallest absolute Gasteiger partial charge is 0.417 e. The van der Waals surface area contributed by atoms with Crippen LogP contribution in [0, 0.1) is 0 Å². The predicted molar refractivity (Wildman–Crippen MR) is 101 cm³/mol. The molecule has 0 fully saturated rings. The number of rotatable bonds is 5. The van der Waals surface area contributed by atoms with Crippen LogP contribution in [0.25, 0.3) is 10.8 Å². The van der Waals surface area contributed by atoms with Gasteiger partial charge in [0, 0.05) is 13.6 Å². The van der Waals surface area contributed by atoms with E-state index in [1.807, 2.05) is 18.2 Å². The predicted octanol–water partition coefficient (Wildman–Crippen LogP) is 4.69. The molecule has 3 rings (SSSR count). The summed E-state index contributed by atoms with van der Waals surface area (Å²) in [7, 11) is -1.49. The number of methoxy groups -OCH3 is 1. The molecule has 0 saturated carbocycles. The molecular weight excluding hydrogens is 391 g/mol. The van der Waals surface area contributed by atoms with Crippen LogP contribution >= 0.6 is 0 Å². The zero-order chi connectivity index (χ0) is 20.5. The van der Waals surface area contributed by atoms with Gasteiger partial charge in [-0.15, -0.1) is 0 Å². The fourth-order valence-corrected chi connectivity index (χ4v) is 4.30. The molecule has 28 heavy (non-hydrogen) atoms. The molecule has 0 bridgehead atoms. The number of alkyl halides is 3. The standard InChI is InChI=1S/C20H18F3NO3S/c1-24(28(25,26)19-6-4-3-5-18(19)20(21,22)23)13-14-7-8-16-12-17(27-2)10-9-15(16)11-14/h3-12H,13H2,1-2H3. The molecule has 3 aromatic rings. The summed E-state index contributed by atoms with van der Waals surface area (Å²) in [6.45, 7) is -0.0590. The van der Waals surface area contributed by atoms with E-state index in [1.165, 1.54) is 19.2 Å². The zero-order valence-corrected chi connectivity index (χ0v) is 16.0. The normalized spacial score (nSPS) is 12.5. The third kappa shape index (κ3) is 3.98. The zero-order valence-electron chi connectivity index (χ0n) is 15.2. The molecule has 4 nitrogen and oxygen atoms in total. The second-order valence-corrected chi connectivity index (χ2v) is 8.32. The second-order valence-electron chi connectivity index (χ2n) is 6.30. The molecule has 0 heterocycles. The highest BCUT2D eigenvalue weighted by atomic mass is 32.2. The van der Waals surface area contributed by atoms with Crippen LogP contribution in [0.5, 0.6) is 5.75 Å². The lowest BCUT2D eigenvalue weighted by atomic mass is 10.1. The Bertz CT molecular complexity index is 1110. The van der Waals surface area contributed by atoms with Gasteiger partial charge in [-0.3, -0.25) is 0 Å². The van der Waals surface area contributed by atoms with E-state index in [9.17, 15) is 21.6 Å².